The highest BCUT2D eigenvalue weighted by Gasteiger charge is 2.18. The van der Waals surface area contributed by atoms with Gasteiger partial charge >= 0.3 is 0 Å². The molecule has 0 saturated carbocycles. The molecule has 2 aromatic rings. The summed E-state index contributed by atoms with van der Waals surface area (Å²) in [4.78, 5) is 12.6. The second-order valence-electron chi connectivity index (χ2n) is 5.04. The summed E-state index contributed by atoms with van der Waals surface area (Å²) in [5, 5.41) is 21.0. The molecule has 0 bridgehead atoms. The van der Waals surface area contributed by atoms with Gasteiger partial charge in [0.1, 0.15) is 0 Å². The Morgan fingerprint density at radius 2 is 2.10 bits per heavy atom. The molecule has 4 nitrogen and oxygen atoms in total. The summed E-state index contributed by atoms with van der Waals surface area (Å²) in [5.74, 6) is 2.20. The van der Waals surface area contributed by atoms with Crippen LogP contribution in [-0.2, 0) is 18.6 Å². The summed E-state index contributed by atoms with van der Waals surface area (Å²) in [6.45, 7) is 0. The van der Waals surface area contributed by atoms with Crippen molar-refractivity contribution >= 4 is 28.8 Å². The minimum atomic E-state index is -0.535. The fraction of sp³-hybridized carbons (Fsp3) is 0.333. The molecule has 21 heavy (non-hydrogen) atoms. The van der Waals surface area contributed by atoms with Crippen molar-refractivity contribution in [3.05, 3.63) is 61.3 Å². The van der Waals surface area contributed by atoms with Crippen LogP contribution in [0, 0.1) is 10.1 Å². The average Bonchev–Trinajstić information content (AvgIpc) is 2.92. The van der Waals surface area contributed by atoms with Crippen molar-refractivity contribution in [1.29, 1.82) is 0 Å². The van der Waals surface area contributed by atoms with Crippen LogP contribution in [0.2, 0.25) is 0 Å². The van der Waals surface area contributed by atoms with Gasteiger partial charge < -0.3 is 5.11 Å². The Labute approximate surface area is 131 Å². The molecular weight excluding hydrogens is 306 g/mol. The van der Waals surface area contributed by atoms with E-state index >= 15 is 0 Å². The maximum absolute atomic E-state index is 10.6. The van der Waals surface area contributed by atoms with E-state index in [4.69, 9.17) is 0 Å². The third-order valence-corrected chi connectivity index (χ3v) is 5.90. The molecule has 1 unspecified atom stereocenters. The lowest BCUT2D eigenvalue weighted by atomic mass is 10.1. The van der Waals surface area contributed by atoms with Gasteiger partial charge in [-0.05, 0) is 29.4 Å². The van der Waals surface area contributed by atoms with Crippen LogP contribution in [0.3, 0.4) is 0 Å². The number of thioether (sulfide) groups is 1. The van der Waals surface area contributed by atoms with E-state index in [0.29, 0.717) is 6.42 Å². The zero-order chi connectivity index (χ0) is 14.8. The highest BCUT2D eigenvalue weighted by Crippen LogP contribution is 2.35. The highest BCUT2D eigenvalue weighted by atomic mass is 32.2. The second kappa shape index (κ2) is 6.17. The summed E-state index contributed by atoms with van der Waals surface area (Å²) >= 11 is 3.63. The molecule has 0 radical (unpaired) electrons. The standard InChI is InChI=1S/C15H15NO3S2/c17-13(7-10-1-3-12(4-2-10)16(18)19)15-8-11-9-20-6-5-14(11)21-15/h1-4,8,13,17H,5-7,9H2. The first-order valence-corrected chi connectivity index (χ1v) is 8.71. The first-order chi connectivity index (χ1) is 10.1. The number of benzene rings is 1. The van der Waals surface area contributed by atoms with Gasteiger partial charge in [0, 0.05) is 34.1 Å². The molecule has 0 amide bonds. The lowest BCUT2D eigenvalue weighted by Gasteiger charge is -2.08. The van der Waals surface area contributed by atoms with Gasteiger partial charge in [0.2, 0.25) is 0 Å². The van der Waals surface area contributed by atoms with Gasteiger partial charge in [0.25, 0.3) is 5.69 Å². The van der Waals surface area contributed by atoms with Crippen molar-refractivity contribution in [3.8, 4) is 0 Å². The summed E-state index contributed by atoms with van der Waals surface area (Å²) in [7, 11) is 0. The highest BCUT2D eigenvalue weighted by molar-refractivity contribution is 7.98. The molecule has 1 N–H and O–H groups in total. The number of hydrogen-bond acceptors (Lipinski definition) is 5. The lowest BCUT2D eigenvalue weighted by Crippen LogP contribution is -1.99. The zero-order valence-corrected chi connectivity index (χ0v) is 13.0. The normalized spacial score (nSPS) is 15.5. The van der Waals surface area contributed by atoms with Gasteiger partial charge in [-0.2, -0.15) is 11.8 Å². The van der Waals surface area contributed by atoms with Crippen LogP contribution in [0.25, 0.3) is 0 Å². The predicted molar refractivity (Wildman–Crippen MR) is 85.9 cm³/mol. The molecule has 0 aliphatic carbocycles. The van der Waals surface area contributed by atoms with E-state index in [-0.39, 0.29) is 5.69 Å². The summed E-state index contributed by atoms with van der Waals surface area (Å²) < 4.78 is 0. The first kappa shape index (κ1) is 14.6. The molecule has 6 heteroatoms. The number of thiophene rings is 1. The minimum absolute atomic E-state index is 0.0804. The quantitative estimate of drug-likeness (QED) is 0.688. The molecule has 1 aromatic carbocycles. The van der Waals surface area contributed by atoms with Gasteiger partial charge in [-0.1, -0.05) is 12.1 Å². The Bertz CT molecular complexity index is 628. The maximum Gasteiger partial charge on any atom is 0.269 e. The molecule has 1 aliphatic heterocycles. The second-order valence-corrected chi connectivity index (χ2v) is 7.32. The monoisotopic (exact) mass is 321 g/mol. The van der Waals surface area contributed by atoms with E-state index in [1.807, 2.05) is 11.8 Å². The number of hydrogen-bond donors (Lipinski definition) is 1. The minimum Gasteiger partial charge on any atom is -0.387 e. The molecule has 3 rings (SSSR count). The van der Waals surface area contributed by atoms with Crippen LogP contribution in [0.5, 0.6) is 0 Å². The van der Waals surface area contributed by atoms with Crippen LogP contribution >= 0.6 is 23.1 Å². The van der Waals surface area contributed by atoms with Crippen molar-refractivity contribution in [2.45, 2.75) is 24.7 Å². The molecular formula is C15H15NO3S2. The fourth-order valence-corrected chi connectivity index (χ4v) is 4.77. The number of nitro benzene ring substituents is 1. The van der Waals surface area contributed by atoms with Crippen LogP contribution in [-0.4, -0.2) is 15.8 Å². The van der Waals surface area contributed by atoms with Crippen molar-refractivity contribution in [2.24, 2.45) is 0 Å². The molecule has 1 aromatic heterocycles. The number of non-ortho nitro benzene ring substituents is 1. The smallest absolute Gasteiger partial charge is 0.269 e. The van der Waals surface area contributed by atoms with Gasteiger partial charge in [0.05, 0.1) is 11.0 Å². The van der Waals surface area contributed by atoms with Crippen molar-refractivity contribution < 1.29 is 10.0 Å². The zero-order valence-electron chi connectivity index (χ0n) is 11.3. The maximum atomic E-state index is 10.6. The van der Waals surface area contributed by atoms with Crippen LogP contribution in [0.15, 0.2) is 30.3 Å². The molecule has 2 heterocycles. The van der Waals surface area contributed by atoms with Crippen LogP contribution in [0.1, 0.15) is 27.0 Å². The molecule has 110 valence electrons. The van der Waals surface area contributed by atoms with E-state index in [1.54, 1.807) is 23.5 Å². The Hall–Kier alpha value is -1.37. The number of aliphatic hydroxyl groups is 1. The number of nitrogens with zero attached hydrogens (tertiary/aromatic N) is 1. The molecule has 0 fully saturated rings. The van der Waals surface area contributed by atoms with Crippen molar-refractivity contribution in [1.82, 2.24) is 0 Å². The van der Waals surface area contributed by atoms with Gasteiger partial charge in [-0.25, -0.2) is 0 Å². The Morgan fingerprint density at radius 3 is 2.76 bits per heavy atom. The van der Waals surface area contributed by atoms with Gasteiger partial charge in [-0.3, -0.25) is 10.1 Å². The molecule has 0 saturated heterocycles. The largest absolute Gasteiger partial charge is 0.387 e. The number of rotatable bonds is 4. The van der Waals surface area contributed by atoms with Crippen molar-refractivity contribution in [3.63, 3.8) is 0 Å². The van der Waals surface area contributed by atoms with E-state index in [2.05, 4.69) is 6.07 Å². The van der Waals surface area contributed by atoms with Crippen molar-refractivity contribution in [2.75, 3.05) is 5.75 Å². The molecule has 0 spiro atoms. The van der Waals surface area contributed by atoms with E-state index in [9.17, 15) is 15.2 Å². The summed E-state index contributed by atoms with van der Waals surface area (Å²) in [5.41, 5.74) is 2.35. The van der Waals surface area contributed by atoms with Gasteiger partial charge in [-0.15, -0.1) is 11.3 Å². The number of aliphatic hydroxyl groups excluding tert-OH is 1. The fourth-order valence-electron chi connectivity index (χ4n) is 2.41. The SMILES string of the molecule is O=[N+]([O-])c1ccc(CC(O)c2cc3c(s2)CCSC3)cc1. The van der Waals surface area contributed by atoms with E-state index < -0.39 is 11.0 Å². The Balaban J connectivity index is 1.72. The topological polar surface area (TPSA) is 63.4 Å². The average molecular weight is 321 g/mol. The molecule has 1 aliphatic rings. The number of aryl methyl sites for hydroxylation is 1. The van der Waals surface area contributed by atoms with E-state index in [0.717, 1.165) is 28.4 Å². The predicted octanol–water partition coefficient (Wildman–Crippen LogP) is 3.72. The van der Waals surface area contributed by atoms with E-state index in [1.165, 1.54) is 22.6 Å². The third kappa shape index (κ3) is 3.28. The number of fused-ring (bicyclic) bond motifs is 1. The molecule has 1 atom stereocenters. The lowest BCUT2D eigenvalue weighted by molar-refractivity contribution is -0.384. The summed E-state index contributed by atoms with van der Waals surface area (Å²) in [6, 6.07) is 8.51. The third-order valence-electron chi connectivity index (χ3n) is 3.55. The van der Waals surface area contributed by atoms with Gasteiger partial charge in [0.15, 0.2) is 0 Å². The number of nitro groups is 1. The van der Waals surface area contributed by atoms with Crippen LogP contribution in [0.4, 0.5) is 5.69 Å². The summed E-state index contributed by atoms with van der Waals surface area (Å²) in [6.07, 6.45) is 1.05. The Morgan fingerprint density at radius 1 is 1.33 bits per heavy atom. The Kier molecular flexibility index (Phi) is 4.28. The first-order valence-electron chi connectivity index (χ1n) is 6.74. The van der Waals surface area contributed by atoms with Crippen LogP contribution < -0.4 is 0 Å².